The van der Waals surface area contributed by atoms with E-state index in [0.717, 1.165) is 0 Å². The van der Waals surface area contributed by atoms with Gasteiger partial charge < -0.3 is 4.74 Å². The van der Waals surface area contributed by atoms with Crippen LogP contribution in [0.3, 0.4) is 0 Å². The van der Waals surface area contributed by atoms with Gasteiger partial charge in [-0.15, -0.1) is 0 Å². The molecule has 0 aromatic heterocycles. The molecule has 0 unspecified atom stereocenters. The molecule has 3 nitrogen and oxygen atoms in total. The van der Waals surface area contributed by atoms with Gasteiger partial charge in [-0.2, -0.15) is 0 Å². The molecule has 0 spiro atoms. The van der Waals surface area contributed by atoms with E-state index >= 15 is 0 Å². The van der Waals surface area contributed by atoms with Gasteiger partial charge in [0.05, 0.1) is 7.11 Å². The Kier molecular flexibility index (Phi) is 3.23. The van der Waals surface area contributed by atoms with E-state index in [2.05, 4.69) is 0 Å². The number of halogens is 1. The largest absolute Gasteiger partial charge is 0.497 e. The van der Waals surface area contributed by atoms with E-state index in [1.54, 1.807) is 43.7 Å². The van der Waals surface area contributed by atoms with Crippen LogP contribution >= 0.6 is 0 Å². The fourth-order valence-electron chi connectivity index (χ4n) is 1.52. The van der Waals surface area contributed by atoms with Gasteiger partial charge in [0.15, 0.2) is 0 Å². The summed E-state index contributed by atoms with van der Waals surface area (Å²) >= 11 is 0. The monoisotopic (exact) mass is 233 g/mol. The molecule has 1 heterocycles. The molecule has 1 aliphatic heterocycles. The van der Waals surface area contributed by atoms with Crippen molar-refractivity contribution < 1.29 is 13.9 Å². The van der Waals surface area contributed by atoms with Crippen molar-refractivity contribution in [2.75, 3.05) is 7.11 Å². The summed E-state index contributed by atoms with van der Waals surface area (Å²) in [6.07, 6.45) is 4.77. The number of ether oxygens (including phenoxy) is 1. The quantitative estimate of drug-likeness (QED) is 0.803. The number of rotatable bonds is 3. The second-order valence-electron chi connectivity index (χ2n) is 3.60. The molecular weight excluding hydrogens is 221 g/mol. The van der Waals surface area contributed by atoms with Gasteiger partial charge in [0.25, 0.3) is 0 Å². The van der Waals surface area contributed by atoms with Gasteiger partial charge >= 0.3 is 0 Å². The molecular formula is C13H12FNO2. The lowest BCUT2D eigenvalue weighted by atomic mass is 10.2. The molecule has 0 aliphatic carbocycles. The number of hydrogen-bond donors (Lipinski definition) is 0. The molecule has 0 N–H and O–H groups in total. The van der Waals surface area contributed by atoms with Crippen LogP contribution in [-0.4, -0.2) is 17.9 Å². The van der Waals surface area contributed by atoms with Crippen LogP contribution in [0.25, 0.3) is 5.83 Å². The van der Waals surface area contributed by atoms with E-state index in [9.17, 15) is 9.18 Å². The molecule has 0 atom stereocenters. The fraction of sp³-hybridized carbons (Fsp3) is 0.154. The van der Waals surface area contributed by atoms with Crippen molar-refractivity contribution in [2.45, 2.75) is 6.42 Å². The first kappa shape index (κ1) is 11.4. The zero-order valence-electron chi connectivity index (χ0n) is 9.39. The van der Waals surface area contributed by atoms with E-state index in [-0.39, 0.29) is 5.91 Å². The number of carbonyl (C=O) groups excluding carboxylic acids is 1. The van der Waals surface area contributed by atoms with Gasteiger partial charge in [-0.25, -0.2) is 4.39 Å². The molecule has 0 radical (unpaired) electrons. The molecule has 1 amide bonds. The smallest absolute Gasteiger partial charge is 0.234 e. The minimum Gasteiger partial charge on any atom is -0.497 e. The third kappa shape index (κ3) is 2.53. The van der Waals surface area contributed by atoms with Gasteiger partial charge in [-0.3, -0.25) is 9.69 Å². The van der Waals surface area contributed by atoms with Gasteiger partial charge in [0.2, 0.25) is 5.91 Å². The molecule has 0 saturated heterocycles. The maximum absolute atomic E-state index is 13.8. The van der Waals surface area contributed by atoms with Crippen molar-refractivity contribution in [1.82, 2.24) is 4.90 Å². The highest BCUT2D eigenvalue weighted by atomic mass is 19.1. The molecule has 88 valence electrons. The van der Waals surface area contributed by atoms with Gasteiger partial charge in [-0.1, -0.05) is 6.08 Å². The third-order valence-corrected chi connectivity index (χ3v) is 2.46. The Balaban J connectivity index is 2.18. The van der Waals surface area contributed by atoms with Crippen molar-refractivity contribution in [2.24, 2.45) is 0 Å². The molecule has 4 heteroatoms. The van der Waals surface area contributed by atoms with Crippen LogP contribution < -0.4 is 4.74 Å². The average Bonchev–Trinajstić information content (AvgIpc) is 2.75. The predicted molar refractivity (Wildman–Crippen MR) is 62.7 cm³/mol. The van der Waals surface area contributed by atoms with Crippen LogP contribution in [0.1, 0.15) is 12.0 Å². The zero-order valence-corrected chi connectivity index (χ0v) is 9.39. The van der Waals surface area contributed by atoms with Gasteiger partial charge in [0, 0.05) is 24.4 Å². The first-order valence-electron chi connectivity index (χ1n) is 5.20. The molecule has 0 bridgehead atoms. The Morgan fingerprint density at radius 2 is 2.12 bits per heavy atom. The number of hydrogen-bond acceptors (Lipinski definition) is 2. The molecule has 1 aromatic carbocycles. The highest BCUT2D eigenvalue weighted by molar-refractivity contribution is 5.83. The highest BCUT2D eigenvalue weighted by Crippen LogP contribution is 2.21. The molecule has 0 saturated carbocycles. The second kappa shape index (κ2) is 4.82. The van der Waals surface area contributed by atoms with Gasteiger partial charge in [0.1, 0.15) is 11.6 Å². The number of nitrogens with zero attached hydrogens (tertiary/aromatic N) is 1. The Morgan fingerprint density at radius 1 is 1.41 bits per heavy atom. The Hall–Kier alpha value is -2.10. The predicted octanol–water partition coefficient (Wildman–Crippen LogP) is 2.71. The molecule has 17 heavy (non-hydrogen) atoms. The summed E-state index contributed by atoms with van der Waals surface area (Å²) in [7, 11) is 1.55. The summed E-state index contributed by atoms with van der Waals surface area (Å²) < 4.78 is 18.8. The lowest BCUT2D eigenvalue weighted by molar-refractivity contribution is -0.124. The second-order valence-corrected chi connectivity index (χ2v) is 3.60. The zero-order chi connectivity index (χ0) is 12.3. The number of methoxy groups -OCH3 is 1. The Morgan fingerprint density at radius 3 is 2.65 bits per heavy atom. The van der Waals surface area contributed by atoms with Crippen LogP contribution in [0.15, 0.2) is 42.7 Å². The van der Waals surface area contributed by atoms with Crippen molar-refractivity contribution in [1.29, 1.82) is 0 Å². The summed E-state index contributed by atoms with van der Waals surface area (Å²) in [6.45, 7) is 0. The lowest BCUT2D eigenvalue weighted by Crippen LogP contribution is -2.13. The van der Waals surface area contributed by atoms with Crippen molar-refractivity contribution >= 4 is 11.7 Å². The van der Waals surface area contributed by atoms with Crippen LogP contribution in [0.5, 0.6) is 5.75 Å². The van der Waals surface area contributed by atoms with Crippen LogP contribution in [-0.2, 0) is 4.79 Å². The van der Waals surface area contributed by atoms with Crippen LogP contribution in [0.2, 0.25) is 0 Å². The summed E-state index contributed by atoms with van der Waals surface area (Å²) in [5, 5.41) is 0. The molecule has 0 fully saturated rings. The van der Waals surface area contributed by atoms with Crippen LogP contribution in [0, 0.1) is 0 Å². The summed E-state index contributed by atoms with van der Waals surface area (Å²) in [4.78, 5) is 12.5. The first-order valence-corrected chi connectivity index (χ1v) is 5.20. The van der Waals surface area contributed by atoms with Crippen molar-refractivity contribution in [3.05, 3.63) is 48.3 Å². The normalized spacial score (nSPS) is 15.5. The minimum atomic E-state index is -0.451. The molecule has 1 aromatic rings. The SMILES string of the molecule is COc1ccc(/C(F)=C/N2C=CCC2=O)cc1. The number of amides is 1. The van der Waals surface area contributed by atoms with E-state index in [0.29, 0.717) is 17.7 Å². The summed E-state index contributed by atoms with van der Waals surface area (Å²) in [5.74, 6) is 0.0832. The first-order chi connectivity index (χ1) is 8.20. The topological polar surface area (TPSA) is 29.5 Å². The maximum Gasteiger partial charge on any atom is 0.234 e. The third-order valence-electron chi connectivity index (χ3n) is 2.46. The van der Waals surface area contributed by atoms with Crippen molar-refractivity contribution in [3.8, 4) is 5.75 Å². The Bertz CT molecular complexity index is 477. The van der Waals surface area contributed by atoms with Gasteiger partial charge in [-0.05, 0) is 24.3 Å². The summed E-state index contributed by atoms with van der Waals surface area (Å²) in [5.41, 5.74) is 0.416. The van der Waals surface area contributed by atoms with E-state index in [4.69, 9.17) is 4.74 Å². The van der Waals surface area contributed by atoms with E-state index < -0.39 is 5.83 Å². The van der Waals surface area contributed by atoms with E-state index in [1.165, 1.54) is 11.1 Å². The molecule has 1 aliphatic rings. The number of benzene rings is 1. The maximum atomic E-state index is 13.8. The minimum absolute atomic E-state index is 0.131. The summed E-state index contributed by atoms with van der Waals surface area (Å²) in [6, 6.07) is 6.55. The standard InChI is InChI=1S/C13H12FNO2/c1-17-11-6-4-10(5-7-11)12(14)9-15-8-2-3-13(15)16/h2,4-9H,3H2,1H3/b12-9-. The highest BCUT2D eigenvalue weighted by Gasteiger charge is 2.13. The Labute approximate surface area is 98.8 Å². The lowest BCUT2D eigenvalue weighted by Gasteiger charge is -2.08. The fourth-order valence-corrected chi connectivity index (χ4v) is 1.52. The average molecular weight is 233 g/mol. The van der Waals surface area contributed by atoms with Crippen molar-refractivity contribution in [3.63, 3.8) is 0 Å². The van der Waals surface area contributed by atoms with Crippen LogP contribution in [0.4, 0.5) is 4.39 Å². The number of carbonyl (C=O) groups is 1. The van der Waals surface area contributed by atoms with E-state index in [1.807, 2.05) is 0 Å². The molecule has 2 rings (SSSR count).